The number of nitrogens with zero attached hydrogens (tertiary/aromatic N) is 4. The van der Waals surface area contributed by atoms with Gasteiger partial charge in [0, 0.05) is 205 Å². The fourth-order valence-corrected chi connectivity index (χ4v) is 17.2. The summed E-state index contributed by atoms with van der Waals surface area (Å²) in [6, 6.07) is 105. The van der Waals surface area contributed by atoms with Crippen LogP contribution in [-0.2, 0) is 157 Å². The average Bonchev–Trinajstić information content (AvgIpc) is 0.801. The van der Waals surface area contributed by atoms with Gasteiger partial charge >= 0.3 is 0 Å². The molecule has 0 bridgehead atoms. The summed E-state index contributed by atoms with van der Waals surface area (Å²) in [6.45, 7) is 13.5. The molecule has 0 saturated carbocycles. The van der Waals surface area contributed by atoms with Crippen LogP contribution in [-0.4, -0.2) is 0 Å². The van der Waals surface area contributed by atoms with Crippen molar-refractivity contribution in [1.82, 2.24) is 0 Å². The molecule has 0 aliphatic carbocycles. The van der Waals surface area contributed by atoms with Gasteiger partial charge in [0.25, 0.3) is 0 Å². The van der Waals surface area contributed by atoms with Gasteiger partial charge in [-0.25, -0.2) is 18.3 Å². The molecule has 12 aromatic rings. The van der Waals surface area contributed by atoms with E-state index >= 15 is 0 Å². The van der Waals surface area contributed by atoms with Crippen molar-refractivity contribution in [2.45, 2.75) is 285 Å². The van der Waals surface area contributed by atoms with Gasteiger partial charge in [0.1, 0.15) is 26.2 Å². The molecule has 8 aromatic carbocycles. The van der Waals surface area contributed by atoms with Crippen molar-refractivity contribution >= 4 is 33.4 Å². The van der Waals surface area contributed by atoms with Gasteiger partial charge in [-0.1, -0.05) is 442 Å². The molecule has 0 fully saturated rings. The summed E-state index contributed by atoms with van der Waals surface area (Å²) < 4.78 is 9.41. The topological polar surface area (TPSA) is 15.5 Å². The van der Waals surface area contributed by atoms with Crippen LogP contribution in [0.4, 0.5) is 0 Å². The Hall–Kier alpha value is -6.52. The molecule has 0 atom stereocenters. The Labute approximate surface area is 889 Å². The number of pyridine rings is 4. The van der Waals surface area contributed by atoms with Gasteiger partial charge in [0.15, 0.2) is 49.6 Å². The fourth-order valence-electron chi connectivity index (χ4n) is 17.2. The number of aromatic nitrogens is 4. The van der Waals surface area contributed by atoms with Gasteiger partial charge < -0.3 is 0 Å². The van der Waals surface area contributed by atoms with Crippen molar-refractivity contribution < 1.29 is 149 Å². The van der Waals surface area contributed by atoms with Crippen LogP contribution in [0.2, 0.25) is 0 Å². The SMILES string of the molecule is CCCCC/C=C/C/C=C/CCCCCCCC[n+]1ccc(C(=C(c2ccccc2)c2ccccc2)c2ccccc2)cc1.CCCCCCCCCC[n+]1ccc(/C(=C(/c2ccccc2)c2cc[n+](CCCCCCCCCC)cc2)c2ccccc2)cc1.CCCCCCCCCC[n+]1ccc(C(=C(c2ccccc2)c2ccccc2)c2ccccc2)cc1.[Y].[Y].[Y].[Y]. The van der Waals surface area contributed by atoms with Crippen molar-refractivity contribution in [1.29, 1.82) is 0 Å². The number of rotatable bonds is 54. The zero-order valence-electron chi connectivity index (χ0n) is 80.0. The van der Waals surface area contributed by atoms with Crippen LogP contribution in [0.1, 0.15) is 326 Å². The number of allylic oxidation sites excluding steroid dienone is 4. The monoisotopic (exact) mass is 2030 g/mol. The second kappa shape index (κ2) is 71.1. The Kier molecular flexibility index (Phi) is 61.3. The first-order chi connectivity index (χ1) is 62.5. The number of hydrogen-bond acceptors (Lipinski definition) is 0. The molecule has 12 rings (SSSR count). The van der Waals surface area contributed by atoms with E-state index in [0.29, 0.717) is 0 Å². The maximum atomic E-state index is 2.37. The van der Waals surface area contributed by atoms with E-state index in [0.717, 1.165) is 32.6 Å². The molecule has 0 N–H and O–H groups in total. The minimum absolute atomic E-state index is 0. The number of aryl methyl sites for hydroxylation is 4. The summed E-state index contributed by atoms with van der Waals surface area (Å²) in [6.07, 6.45) is 75.4. The third-order valence-corrected chi connectivity index (χ3v) is 24.4. The van der Waals surface area contributed by atoms with Crippen LogP contribution in [0.5, 0.6) is 0 Å². The van der Waals surface area contributed by atoms with Crippen LogP contribution >= 0.6 is 0 Å². The molecule has 4 radical (unpaired) electrons. The van der Waals surface area contributed by atoms with Crippen molar-refractivity contribution in [3.8, 4) is 0 Å². The van der Waals surface area contributed by atoms with Crippen LogP contribution < -0.4 is 18.3 Å². The second-order valence-corrected chi connectivity index (χ2v) is 34.5. The standard InChI is InChI=1S/C44H60N2.C43H52N.C35H40N.4Y/c1-3-5-7-9-11-13-15-23-33-45-35-29-41(30-36-45)43(39-25-19-17-20-26-39)44(40-27-21-18-22-28-40)42-31-37-46(38-32-42)34-24-16-14-12-10-8-6-4-2;1-2-3-4-5-6-7-8-9-10-11-12-13-14-15-16-26-35-44-36-33-41(34-37-44)43(40-31-24-19-25-32-40)42(38-27-20-17-21-28-38)39-29-22-18-23-30-39;1-2-3-4-5-6-7-8-18-27-36-28-25-33(26-29-36)35(32-23-16-11-17-24-32)34(30-19-12-9-13-20-30)31-21-14-10-15-22-31;;;;/h17-22,25-32,35-38H,3-16,23-24,33-34H2,1-2H3;6-7,9-10,17-25,27-34,36-37H,2-5,8,11-16,26,35H2,1H3;9-17,19-26,28-29H,2-8,18,27H2,1H3;;;;/q+2;2*+1;;;;/b44-43-;7-6+,10-9+;;;;;. The van der Waals surface area contributed by atoms with Crippen molar-refractivity contribution in [2.75, 3.05) is 0 Å². The molecule has 0 aliphatic heterocycles. The largest absolute Gasteiger partial charge is 0.205 e. The van der Waals surface area contributed by atoms with E-state index in [2.05, 4.69) is 411 Å². The first-order valence-electron chi connectivity index (χ1n) is 49.5. The van der Waals surface area contributed by atoms with E-state index in [9.17, 15) is 0 Å². The third-order valence-electron chi connectivity index (χ3n) is 24.4. The maximum absolute atomic E-state index is 2.37. The summed E-state index contributed by atoms with van der Waals surface area (Å²) in [7, 11) is 0. The van der Waals surface area contributed by atoms with Crippen molar-refractivity contribution in [3.63, 3.8) is 0 Å². The van der Waals surface area contributed by atoms with Crippen LogP contribution in [0.25, 0.3) is 33.4 Å². The second-order valence-electron chi connectivity index (χ2n) is 34.5. The van der Waals surface area contributed by atoms with E-state index in [1.807, 2.05) is 0 Å². The van der Waals surface area contributed by atoms with Crippen LogP contribution in [0.3, 0.4) is 0 Å². The average molecular weight is 2030 g/mol. The van der Waals surface area contributed by atoms with Gasteiger partial charge in [-0.05, 0) is 158 Å². The van der Waals surface area contributed by atoms with Crippen LogP contribution in [0.15, 0.2) is 365 Å². The predicted octanol–water partition coefficient (Wildman–Crippen LogP) is 32.5. The molecule has 0 amide bonds. The summed E-state index contributed by atoms with van der Waals surface area (Å²) in [4.78, 5) is 0. The summed E-state index contributed by atoms with van der Waals surface area (Å²) >= 11 is 0. The molecule has 130 heavy (non-hydrogen) atoms. The predicted molar refractivity (Wildman–Crippen MR) is 540 cm³/mol. The Bertz CT molecular complexity index is 4790. The molecule has 0 unspecified atom stereocenters. The molecule has 0 spiro atoms. The molecule has 4 nitrogen and oxygen atoms in total. The first-order valence-corrected chi connectivity index (χ1v) is 49.5. The smallest absolute Gasteiger partial charge is 0.169 e. The Balaban J connectivity index is 0.000000298. The Morgan fingerprint density at radius 2 is 0.300 bits per heavy atom. The maximum Gasteiger partial charge on any atom is 0.169 e. The molecule has 4 heterocycles. The fraction of sp³-hybridized carbons (Fsp3) is 0.361. The minimum Gasteiger partial charge on any atom is -0.205 e. The quantitative estimate of drug-likeness (QED) is 0.0156. The summed E-state index contributed by atoms with van der Waals surface area (Å²) in [5.41, 5.74) is 22.5. The molecule has 668 valence electrons. The first kappa shape index (κ1) is 112. The summed E-state index contributed by atoms with van der Waals surface area (Å²) in [5, 5.41) is 0. The zero-order valence-corrected chi connectivity index (χ0v) is 91.4. The Morgan fingerprint density at radius 3 is 0.477 bits per heavy atom. The van der Waals surface area contributed by atoms with E-state index in [1.165, 1.54) is 325 Å². The van der Waals surface area contributed by atoms with E-state index in [4.69, 9.17) is 0 Å². The number of benzene rings is 8. The third kappa shape index (κ3) is 41.8. The van der Waals surface area contributed by atoms with E-state index < -0.39 is 0 Å². The van der Waals surface area contributed by atoms with Gasteiger partial charge in [-0.15, -0.1) is 0 Å². The van der Waals surface area contributed by atoms with E-state index in [-0.39, 0.29) is 131 Å². The van der Waals surface area contributed by atoms with Gasteiger partial charge in [0.2, 0.25) is 0 Å². The Morgan fingerprint density at radius 1 is 0.162 bits per heavy atom. The van der Waals surface area contributed by atoms with Crippen molar-refractivity contribution in [2.24, 2.45) is 0 Å². The molecule has 0 saturated heterocycles. The zero-order chi connectivity index (χ0) is 87.4. The summed E-state index contributed by atoms with van der Waals surface area (Å²) in [5.74, 6) is 0. The molecule has 8 heteroatoms. The van der Waals surface area contributed by atoms with Gasteiger partial charge in [0.05, 0.1) is 0 Å². The molecular weight excluding hydrogens is 1880 g/mol. The van der Waals surface area contributed by atoms with Crippen LogP contribution in [0, 0.1) is 0 Å². The number of unbranched alkanes of at least 4 members (excludes halogenated alkanes) is 30. The van der Waals surface area contributed by atoms with Gasteiger partial charge in [-0.2, -0.15) is 0 Å². The van der Waals surface area contributed by atoms with Crippen molar-refractivity contribution in [3.05, 3.63) is 432 Å². The van der Waals surface area contributed by atoms with E-state index in [1.54, 1.807) is 0 Å². The minimum atomic E-state index is 0. The molecule has 4 aromatic heterocycles. The van der Waals surface area contributed by atoms with Gasteiger partial charge in [-0.3, -0.25) is 0 Å². The normalized spacial score (nSPS) is 11.0. The molecular formula is C122H152N4Y4+4. The molecule has 0 aliphatic rings. The number of hydrogen-bond donors (Lipinski definition) is 0.